The Hall–Kier alpha value is 0.974. The monoisotopic (exact) mass is 274 g/mol. The van der Waals surface area contributed by atoms with Crippen molar-refractivity contribution < 1.29 is 19.2 Å². The van der Waals surface area contributed by atoms with Crippen molar-refractivity contribution in [3.05, 3.63) is 0 Å². The SMILES string of the molecule is CCC(SSC(CC)[SiH](O)O)[SiH](O)O. The van der Waals surface area contributed by atoms with E-state index in [0.717, 1.165) is 0 Å². The lowest BCUT2D eigenvalue weighted by Gasteiger charge is -2.18. The lowest BCUT2D eigenvalue weighted by atomic mass is 10.6. The molecule has 0 aromatic carbocycles. The third-order valence-corrected chi connectivity index (χ3v) is 10.6. The van der Waals surface area contributed by atoms with Gasteiger partial charge < -0.3 is 19.2 Å². The zero-order valence-electron chi connectivity index (χ0n) is 8.33. The summed E-state index contributed by atoms with van der Waals surface area (Å²) in [6, 6.07) is 0. The molecular formula is C6H18O4S2Si2. The summed E-state index contributed by atoms with van der Waals surface area (Å²) in [5.41, 5.74) is 0. The minimum Gasteiger partial charge on any atom is -0.412 e. The van der Waals surface area contributed by atoms with Gasteiger partial charge in [0, 0.05) is 0 Å². The first-order valence-electron chi connectivity index (χ1n) is 4.57. The molecule has 0 heterocycles. The number of hydrogen-bond acceptors (Lipinski definition) is 6. The van der Waals surface area contributed by atoms with Crippen molar-refractivity contribution in [1.29, 1.82) is 0 Å². The van der Waals surface area contributed by atoms with Crippen LogP contribution in [0.25, 0.3) is 0 Å². The van der Waals surface area contributed by atoms with Crippen LogP contribution in [-0.2, 0) is 0 Å². The van der Waals surface area contributed by atoms with E-state index in [2.05, 4.69) is 0 Å². The third kappa shape index (κ3) is 5.76. The summed E-state index contributed by atoms with van der Waals surface area (Å²) >= 11 is 0. The fourth-order valence-corrected chi connectivity index (χ4v) is 7.61. The van der Waals surface area contributed by atoms with Crippen molar-refractivity contribution >= 4 is 40.2 Å². The summed E-state index contributed by atoms with van der Waals surface area (Å²) in [6.45, 7) is 3.80. The van der Waals surface area contributed by atoms with Gasteiger partial charge in [0.15, 0.2) is 0 Å². The van der Waals surface area contributed by atoms with Crippen LogP contribution in [0.3, 0.4) is 0 Å². The summed E-state index contributed by atoms with van der Waals surface area (Å²) in [6.07, 6.45) is 1.42. The highest BCUT2D eigenvalue weighted by atomic mass is 33.1. The highest BCUT2D eigenvalue weighted by molar-refractivity contribution is 8.77. The molecule has 0 rings (SSSR count). The molecule has 86 valence electrons. The molecule has 0 saturated heterocycles. The minimum absolute atomic E-state index is 0.123. The molecule has 0 spiro atoms. The molecule has 2 atom stereocenters. The normalized spacial score (nSPS) is 16.3. The molecule has 0 fully saturated rings. The standard InChI is InChI=1S/C6H18O4S2Si2/c1-3-5(13(7)8)11-12-6(4-2)14(9)10/h5-10,13-14H,3-4H2,1-2H3. The van der Waals surface area contributed by atoms with Crippen molar-refractivity contribution in [2.45, 2.75) is 36.4 Å². The van der Waals surface area contributed by atoms with Gasteiger partial charge in [-0.2, -0.15) is 0 Å². The number of rotatable bonds is 7. The Balaban J connectivity index is 3.88. The van der Waals surface area contributed by atoms with Crippen molar-refractivity contribution in [2.24, 2.45) is 0 Å². The average molecular weight is 275 g/mol. The molecule has 0 aliphatic rings. The predicted molar refractivity (Wildman–Crippen MR) is 66.5 cm³/mol. The van der Waals surface area contributed by atoms with Crippen LogP contribution in [-0.4, -0.2) is 47.5 Å². The summed E-state index contributed by atoms with van der Waals surface area (Å²) in [4.78, 5) is 36.1. The molecule has 4 nitrogen and oxygen atoms in total. The van der Waals surface area contributed by atoms with Gasteiger partial charge in [0.05, 0.1) is 9.75 Å². The van der Waals surface area contributed by atoms with Crippen LogP contribution in [0.15, 0.2) is 0 Å². The highest BCUT2D eigenvalue weighted by Gasteiger charge is 2.24. The van der Waals surface area contributed by atoms with Gasteiger partial charge in [0.1, 0.15) is 0 Å². The van der Waals surface area contributed by atoms with Crippen LogP contribution >= 0.6 is 21.6 Å². The van der Waals surface area contributed by atoms with Crippen molar-refractivity contribution in [1.82, 2.24) is 0 Å². The van der Waals surface area contributed by atoms with E-state index in [1.807, 2.05) is 13.8 Å². The van der Waals surface area contributed by atoms with Crippen LogP contribution in [0, 0.1) is 0 Å². The molecule has 0 aromatic rings. The van der Waals surface area contributed by atoms with Crippen molar-refractivity contribution in [3.8, 4) is 0 Å². The van der Waals surface area contributed by atoms with Crippen molar-refractivity contribution in [3.63, 3.8) is 0 Å². The first-order valence-corrected chi connectivity index (χ1v) is 10.2. The van der Waals surface area contributed by atoms with Crippen molar-refractivity contribution in [2.75, 3.05) is 0 Å². The fourth-order valence-electron chi connectivity index (χ4n) is 0.800. The van der Waals surface area contributed by atoms with E-state index in [4.69, 9.17) is 19.2 Å². The van der Waals surface area contributed by atoms with E-state index in [1.54, 1.807) is 0 Å². The Morgan fingerprint density at radius 1 is 0.857 bits per heavy atom. The second-order valence-electron chi connectivity index (χ2n) is 2.91. The molecule has 0 radical (unpaired) electrons. The molecule has 0 bridgehead atoms. The van der Waals surface area contributed by atoms with Gasteiger partial charge in [-0.25, -0.2) is 0 Å². The Kier molecular flexibility index (Phi) is 8.73. The van der Waals surface area contributed by atoms with Crippen LogP contribution < -0.4 is 0 Å². The van der Waals surface area contributed by atoms with Gasteiger partial charge in [-0.05, 0) is 12.8 Å². The van der Waals surface area contributed by atoms with Gasteiger partial charge in [0.25, 0.3) is 0 Å². The van der Waals surface area contributed by atoms with Gasteiger partial charge >= 0.3 is 18.6 Å². The maximum atomic E-state index is 9.08. The van der Waals surface area contributed by atoms with Gasteiger partial charge in [-0.1, -0.05) is 35.4 Å². The van der Waals surface area contributed by atoms with Crippen LogP contribution in [0.5, 0.6) is 0 Å². The largest absolute Gasteiger partial charge is 0.412 e. The van der Waals surface area contributed by atoms with E-state index >= 15 is 0 Å². The van der Waals surface area contributed by atoms with E-state index in [9.17, 15) is 0 Å². The van der Waals surface area contributed by atoms with E-state index < -0.39 is 18.6 Å². The topological polar surface area (TPSA) is 80.9 Å². The molecule has 0 aromatic heterocycles. The predicted octanol–water partition coefficient (Wildman–Crippen LogP) is -0.586. The van der Waals surface area contributed by atoms with Crippen LogP contribution in [0.1, 0.15) is 26.7 Å². The third-order valence-electron chi connectivity index (χ3n) is 1.77. The molecular weight excluding hydrogens is 256 g/mol. The average Bonchev–Trinajstić information content (AvgIpc) is 2.11. The van der Waals surface area contributed by atoms with Gasteiger partial charge in [-0.3, -0.25) is 0 Å². The number of hydrogen-bond donors (Lipinski definition) is 4. The zero-order chi connectivity index (χ0) is 11.1. The lowest BCUT2D eigenvalue weighted by Crippen LogP contribution is -2.30. The first-order chi connectivity index (χ1) is 6.52. The highest BCUT2D eigenvalue weighted by Crippen LogP contribution is 2.34. The molecule has 0 amide bonds. The quantitative estimate of drug-likeness (QED) is 0.367. The molecule has 4 N–H and O–H groups in total. The molecule has 0 aliphatic heterocycles. The minimum atomic E-state index is -2.59. The Morgan fingerprint density at radius 2 is 1.14 bits per heavy atom. The first kappa shape index (κ1) is 15.0. The maximum absolute atomic E-state index is 9.08. The molecule has 2 unspecified atom stereocenters. The smallest absolute Gasteiger partial charge is 0.330 e. The van der Waals surface area contributed by atoms with Gasteiger partial charge in [0.2, 0.25) is 0 Å². The van der Waals surface area contributed by atoms with E-state index in [-0.39, 0.29) is 9.75 Å². The Labute approximate surface area is 95.8 Å². The Morgan fingerprint density at radius 3 is 1.29 bits per heavy atom. The van der Waals surface area contributed by atoms with Crippen LogP contribution in [0.4, 0.5) is 0 Å². The van der Waals surface area contributed by atoms with Crippen LogP contribution in [0.2, 0.25) is 0 Å². The molecule has 0 aliphatic carbocycles. The van der Waals surface area contributed by atoms with Gasteiger partial charge in [-0.15, -0.1) is 0 Å². The second-order valence-corrected chi connectivity index (χ2v) is 9.89. The summed E-state index contributed by atoms with van der Waals surface area (Å²) in [5.74, 6) is 0. The Bertz CT molecular complexity index is 134. The molecule has 14 heavy (non-hydrogen) atoms. The molecule has 8 heteroatoms. The fraction of sp³-hybridized carbons (Fsp3) is 1.00. The summed E-state index contributed by atoms with van der Waals surface area (Å²) < 4.78 is 0. The summed E-state index contributed by atoms with van der Waals surface area (Å²) in [5, 5.41) is 0. The second kappa shape index (κ2) is 8.16. The van der Waals surface area contributed by atoms with E-state index in [1.165, 1.54) is 21.6 Å². The summed E-state index contributed by atoms with van der Waals surface area (Å²) in [7, 11) is -2.42. The van der Waals surface area contributed by atoms with E-state index in [0.29, 0.717) is 12.8 Å². The maximum Gasteiger partial charge on any atom is 0.330 e. The zero-order valence-corrected chi connectivity index (χ0v) is 12.3. The lowest BCUT2D eigenvalue weighted by molar-refractivity contribution is 0.399. The molecule has 0 saturated carbocycles.